The monoisotopic (exact) mass is 368 g/mol. The lowest BCUT2D eigenvalue weighted by Crippen LogP contribution is -2.34. The molecule has 0 unspecified atom stereocenters. The van der Waals surface area contributed by atoms with E-state index in [2.05, 4.69) is 10.3 Å². The van der Waals surface area contributed by atoms with Crippen LogP contribution < -0.4 is 5.32 Å². The lowest BCUT2D eigenvalue weighted by molar-refractivity contribution is -0.384. The minimum absolute atomic E-state index is 0. The summed E-state index contributed by atoms with van der Waals surface area (Å²) in [4.78, 5) is 29.1. The van der Waals surface area contributed by atoms with Crippen LogP contribution in [-0.2, 0) is 0 Å². The van der Waals surface area contributed by atoms with Crippen molar-refractivity contribution in [1.29, 1.82) is 0 Å². The lowest BCUT2D eigenvalue weighted by atomic mass is 10.2. The molecular weight excluding hydrogens is 352 g/mol. The highest BCUT2D eigenvalue weighted by atomic mass is 35.5. The molecule has 1 N–H and O–H groups in total. The molecule has 1 saturated heterocycles. The van der Waals surface area contributed by atoms with E-state index < -0.39 is 4.92 Å². The van der Waals surface area contributed by atoms with Gasteiger partial charge in [0.25, 0.3) is 11.6 Å². The molecule has 0 spiro atoms. The number of hydrogen-bond donors (Lipinski definition) is 1. The fourth-order valence-corrected chi connectivity index (χ4v) is 3.26. The Morgan fingerprint density at radius 1 is 1.33 bits per heavy atom. The van der Waals surface area contributed by atoms with Crippen LogP contribution in [0.1, 0.15) is 16.9 Å². The number of halogens is 1. The molecule has 0 radical (unpaired) electrons. The van der Waals surface area contributed by atoms with Gasteiger partial charge in [-0.2, -0.15) is 0 Å². The van der Waals surface area contributed by atoms with Crippen molar-refractivity contribution < 1.29 is 9.72 Å². The number of non-ortho nitro benzene ring substituents is 1. The Kier molecular flexibility index (Phi) is 6.24. The van der Waals surface area contributed by atoms with Crippen molar-refractivity contribution in [2.75, 3.05) is 26.2 Å². The standard InChI is InChI=1S/C15H16N4O3S.ClH/c20-15(18-7-2-5-16-6-8-18)13-10-23-14(17-13)11-3-1-4-12(9-11)19(21)22;/h1,3-4,9-10,16H,2,5-8H2;1H. The molecule has 7 nitrogen and oxygen atoms in total. The van der Waals surface area contributed by atoms with Crippen LogP contribution in [0, 0.1) is 10.1 Å². The topological polar surface area (TPSA) is 88.4 Å². The third-order valence-electron chi connectivity index (χ3n) is 3.65. The van der Waals surface area contributed by atoms with Crippen molar-refractivity contribution in [2.24, 2.45) is 0 Å². The normalized spacial score (nSPS) is 14.6. The van der Waals surface area contributed by atoms with E-state index in [0.29, 0.717) is 22.8 Å². The maximum absolute atomic E-state index is 12.5. The van der Waals surface area contributed by atoms with Gasteiger partial charge in [-0.25, -0.2) is 4.98 Å². The molecule has 1 amide bonds. The maximum atomic E-state index is 12.5. The van der Waals surface area contributed by atoms with E-state index in [0.717, 1.165) is 26.1 Å². The first kappa shape index (κ1) is 18.3. The number of carbonyl (C=O) groups is 1. The first-order valence-corrected chi connectivity index (χ1v) is 8.23. The van der Waals surface area contributed by atoms with E-state index in [1.165, 1.54) is 23.5 Å². The van der Waals surface area contributed by atoms with Gasteiger partial charge in [0.05, 0.1) is 4.92 Å². The zero-order chi connectivity index (χ0) is 16.2. The van der Waals surface area contributed by atoms with Crippen molar-refractivity contribution in [3.63, 3.8) is 0 Å². The number of benzene rings is 1. The number of rotatable bonds is 3. The number of amides is 1. The van der Waals surface area contributed by atoms with Crippen LogP contribution in [0.3, 0.4) is 0 Å². The summed E-state index contributed by atoms with van der Waals surface area (Å²) in [5.74, 6) is -0.0818. The van der Waals surface area contributed by atoms with E-state index in [9.17, 15) is 14.9 Å². The van der Waals surface area contributed by atoms with E-state index >= 15 is 0 Å². The molecule has 1 aromatic carbocycles. The van der Waals surface area contributed by atoms with Gasteiger partial charge in [-0.15, -0.1) is 23.7 Å². The molecule has 3 rings (SSSR count). The van der Waals surface area contributed by atoms with Gasteiger partial charge in [0.2, 0.25) is 0 Å². The number of nitrogens with one attached hydrogen (secondary N) is 1. The predicted molar refractivity (Wildman–Crippen MR) is 94.8 cm³/mol. The summed E-state index contributed by atoms with van der Waals surface area (Å²) in [6, 6.07) is 6.29. The summed E-state index contributed by atoms with van der Waals surface area (Å²) < 4.78 is 0. The predicted octanol–water partition coefficient (Wildman–Crippen LogP) is 2.58. The largest absolute Gasteiger partial charge is 0.336 e. The van der Waals surface area contributed by atoms with Gasteiger partial charge in [0.1, 0.15) is 10.7 Å². The molecule has 1 aliphatic rings. The molecule has 2 heterocycles. The molecule has 0 bridgehead atoms. The molecule has 0 atom stereocenters. The Balaban J connectivity index is 0.00000208. The molecule has 1 aromatic heterocycles. The molecule has 24 heavy (non-hydrogen) atoms. The highest BCUT2D eigenvalue weighted by molar-refractivity contribution is 7.13. The van der Waals surface area contributed by atoms with E-state index in [1.54, 1.807) is 22.4 Å². The fraction of sp³-hybridized carbons (Fsp3) is 0.333. The number of nitrogens with zero attached hydrogens (tertiary/aromatic N) is 3. The van der Waals surface area contributed by atoms with Gasteiger partial charge in [-0.3, -0.25) is 14.9 Å². The highest BCUT2D eigenvalue weighted by Gasteiger charge is 2.20. The number of hydrogen-bond acceptors (Lipinski definition) is 6. The van der Waals surface area contributed by atoms with Crippen LogP contribution in [-0.4, -0.2) is 46.9 Å². The smallest absolute Gasteiger partial charge is 0.273 e. The summed E-state index contributed by atoms with van der Waals surface area (Å²) in [5, 5.41) is 16.4. The Morgan fingerprint density at radius 2 is 2.17 bits per heavy atom. The van der Waals surface area contributed by atoms with E-state index in [4.69, 9.17) is 0 Å². The SMILES string of the molecule is Cl.O=C(c1csc(-c2cccc([N+](=O)[O-])c2)n1)N1CCCNCC1. The van der Waals surface area contributed by atoms with Gasteiger partial charge in [-0.05, 0) is 13.0 Å². The summed E-state index contributed by atoms with van der Waals surface area (Å²) in [7, 11) is 0. The average molecular weight is 369 g/mol. The first-order chi connectivity index (χ1) is 11.1. The van der Waals surface area contributed by atoms with Gasteiger partial charge in [-0.1, -0.05) is 12.1 Å². The number of thiazole rings is 1. The Hall–Kier alpha value is -2.03. The molecule has 2 aromatic rings. The highest BCUT2D eigenvalue weighted by Crippen LogP contribution is 2.27. The number of carbonyl (C=O) groups excluding carboxylic acids is 1. The molecule has 9 heteroatoms. The van der Waals surface area contributed by atoms with Gasteiger partial charge < -0.3 is 10.2 Å². The first-order valence-electron chi connectivity index (χ1n) is 7.35. The molecule has 0 saturated carbocycles. The Bertz CT molecular complexity index is 729. The molecular formula is C15H17ClN4O3S. The summed E-state index contributed by atoms with van der Waals surface area (Å²) in [6.07, 6.45) is 0.924. The molecule has 1 fully saturated rings. The fourth-order valence-electron chi connectivity index (χ4n) is 2.47. The van der Waals surface area contributed by atoms with Gasteiger partial charge >= 0.3 is 0 Å². The van der Waals surface area contributed by atoms with Gasteiger partial charge in [0.15, 0.2) is 0 Å². The molecule has 0 aliphatic carbocycles. The second-order valence-electron chi connectivity index (χ2n) is 5.24. The van der Waals surface area contributed by atoms with Crippen molar-refractivity contribution in [3.8, 4) is 10.6 Å². The van der Waals surface area contributed by atoms with Crippen LogP contribution in [0.4, 0.5) is 5.69 Å². The molecule has 1 aliphatic heterocycles. The average Bonchev–Trinajstić information content (AvgIpc) is 2.90. The number of nitro benzene ring substituents is 1. The van der Waals surface area contributed by atoms with E-state index in [-0.39, 0.29) is 24.0 Å². The van der Waals surface area contributed by atoms with E-state index in [1.807, 2.05) is 0 Å². The second-order valence-corrected chi connectivity index (χ2v) is 6.10. The van der Waals surface area contributed by atoms with Crippen molar-refractivity contribution >= 4 is 35.3 Å². The summed E-state index contributed by atoms with van der Waals surface area (Å²) in [6.45, 7) is 3.09. The van der Waals surface area contributed by atoms with Crippen LogP contribution in [0.15, 0.2) is 29.6 Å². The maximum Gasteiger partial charge on any atom is 0.273 e. The van der Waals surface area contributed by atoms with Crippen molar-refractivity contribution in [3.05, 3.63) is 45.5 Å². The van der Waals surface area contributed by atoms with Crippen LogP contribution in [0.2, 0.25) is 0 Å². The number of aromatic nitrogens is 1. The second kappa shape index (κ2) is 8.18. The van der Waals surface area contributed by atoms with Crippen molar-refractivity contribution in [1.82, 2.24) is 15.2 Å². The zero-order valence-electron chi connectivity index (χ0n) is 12.8. The van der Waals surface area contributed by atoms with Crippen LogP contribution in [0.25, 0.3) is 10.6 Å². The minimum atomic E-state index is -0.437. The lowest BCUT2D eigenvalue weighted by Gasteiger charge is -2.18. The third-order valence-corrected chi connectivity index (χ3v) is 4.55. The Labute approximate surface area is 149 Å². The Morgan fingerprint density at radius 3 is 2.96 bits per heavy atom. The van der Waals surface area contributed by atoms with Crippen molar-refractivity contribution in [2.45, 2.75) is 6.42 Å². The summed E-state index contributed by atoms with van der Waals surface area (Å²) >= 11 is 1.32. The summed E-state index contributed by atoms with van der Waals surface area (Å²) in [5.41, 5.74) is 1.07. The zero-order valence-corrected chi connectivity index (χ0v) is 14.4. The number of nitro groups is 1. The molecule has 128 valence electrons. The van der Waals surface area contributed by atoms with Crippen LogP contribution >= 0.6 is 23.7 Å². The quantitative estimate of drug-likeness (QED) is 0.664. The van der Waals surface area contributed by atoms with Gasteiger partial charge in [0, 0.05) is 42.7 Å². The van der Waals surface area contributed by atoms with Crippen LogP contribution in [0.5, 0.6) is 0 Å². The third kappa shape index (κ3) is 4.08. The minimum Gasteiger partial charge on any atom is -0.336 e.